The molecule has 0 bridgehead atoms. The van der Waals surface area contributed by atoms with Gasteiger partial charge in [-0.1, -0.05) is 48.5 Å². The van der Waals surface area contributed by atoms with Gasteiger partial charge in [-0.05, 0) is 60.5 Å². The summed E-state index contributed by atoms with van der Waals surface area (Å²) in [5.41, 5.74) is 3.15. The van der Waals surface area contributed by atoms with Crippen molar-refractivity contribution in [3.63, 3.8) is 0 Å². The van der Waals surface area contributed by atoms with E-state index >= 15 is 0 Å². The third kappa shape index (κ3) is 7.81. The summed E-state index contributed by atoms with van der Waals surface area (Å²) in [5, 5.41) is 10.9. The molecule has 0 saturated heterocycles. The van der Waals surface area contributed by atoms with Gasteiger partial charge in [0.1, 0.15) is 30.0 Å². The highest BCUT2D eigenvalue weighted by Crippen LogP contribution is 2.29. The molecule has 0 aliphatic heterocycles. The van der Waals surface area contributed by atoms with Crippen LogP contribution in [0, 0.1) is 5.82 Å². The number of aryl methyl sites for hydroxylation is 1. The molecule has 0 aromatic heterocycles. The summed E-state index contributed by atoms with van der Waals surface area (Å²) >= 11 is 0. The highest BCUT2D eigenvalue weighted by Gasteiger charge is 2.18. The van der Waals surface area contributed by atoms with Crippen molar-refractivity contribution >= 4 is 29.6 Å². The van der Waals surface area contributed by atoms with Crippen molar-refractivity contribution in [2.24, 2.45) is 0 Å². The quantitative estimate of drug-likeness (QED) is 0.206. The first kappa shape index (κ1) is 28.7. The van der Waals surface area contributed by atoms with Crippen molar-refractivity contribution in [3.8, 4) is 11.5 Å². The number of rotatable bonds is 12. The molecule has 0 fully saturated rings. The van der Waals surface area contributed by atoms with E-state index in [1.165, 1.54) is 12.1 Å². The average molecular weight is 536 g/mol. The van der Waals surface area contributed by atoms with Crippen molar-refractivity contribution < 1.29 is 23.8 Å². The minimum atomic E-state index is -0.839. The van der Waals surface area contributed by atoms with Crippen molar-refractivity contribution in [1.29, 1.82) is 0 Å². The monoisotopic (exact) mass is 535 g/mol. The van der Waals surface area contributed by atoms with E-state index in [9.17, 15) is 14.3 Å². The summed E-state index contributed by atoms with van der Waals surface area (Å²) in [5.74, 6) is 0.775. The fraction of sp³-hybridized carbons (Fsp3) is 0.194. The number of Topliss-reactive ketones (excluding diaryl/α,β-unsaturated/α-hetero) is 1. The molecule has 0 aliphatic carbocycles. The first-order valence-corrected chi connectivity index (χ1v) is 12.2. The van der Waals surface area contributed by atoms with Gasteiger partial charge in [0.25, 0.3) is 0 Å². The lowest BCUT2D eigenvalue weighted by Gasteiger charge is -2.28. The largest absolute Gasteiger partial charge is 0.497 e. The van der Waals surface area contributed by atoms with E-state index in [1.807, 2.05) is 59.5 Å². The van der Waals surface area contributed by atoms with Crippen LogP contribution in [0.5, 0.6) is 11.5 Å². The SMILES string of the molecule is COc1cccc(N(CC(O)COc2ccccc2C(=O)CCc2ccc(F)cc2)c2ccccc2)c1.Cl. The summed E-state index contributed by atoms with van der Waals surface area (Å²) in [7, 11) is 1.62. The molecule has 4 aromatic rings. The van der Waals surface area contributed by atoms with E-state index in [0.29, 0.717) is 17.7 Å². The van der Waals surface area contributed by atoms with Gasteiger partial charge in [0.05, 0.1) is 19.2 Å². The van der Waals surface area contributed by atoms with Crippen molar-refractivity contribution in [2.75, 3.05) is 25.2 Å². The lowest BCUT2D eigenvalue weighted by molar-refractivity contribution is 0.0961. The average Bonchev–Trinajstić information content (AvgIpc) is 2.95. The Labute approximate surface area is 228 Å². The third-order valence-corrected chi connectivity index (χ3v) is 6.00. The van der Waals surface area contributed by atoms with Crippen LogP contribution in [0.2, 0.25) is 0 Å². The number of ketones is 1. The maximum Gasteiger partial charge on any atom is 0.166 e. The minimum Gasteiger partial charge on any atom is -0.497 e. The number of halogens is 2. The Bertz CT molecular complexity index is 1300. The Morgan fingerprint density at radius 2 is 1.58 bits per heavy atom. The molecule has 7 heteroatoms. The normalized spacial score (nSPS) is 11.2. The molecule has 4 rings (SSSR count). The zero-order valence-electron chi connectivity index (χ0n) is 21.1. The number of methoxy groups -OCH3 is 1. The van der Waals surface area contributed by atoms with Crippen LogP contribution in [0.1, 0.15) is 22.3 Å². The summed E-state index contributed by atoms with van der Waals surface area (Å²) in [6.07, 6.45) is -0.0664. The predicted octanol–water partition coefficient (Wildman–Crippen LogP) is 6.65. The Morgan fingerprint density at radius 3 is 2.32 bits per heavy atom. The zero-order valence-corrected chi connectivity index (χ0v) is 21.9. The number of carbonyl (C=O) groups excluding carboxylic acids is 1. The fourth-order valence-corrected chi connectivity index (χ4v) is 4.06. The van der Waals surface area contributed by atoms with E-state index in [0.717, 1.165) is 22.7 Å². The molecular weight excluding hydrogens is 505 g/mol. The number of carbonyl (C=O) groups is 1. The van der Waals surface area contributed by atoms with E-state index < -0.39 is 6.10 Å². The molecule has 0 saturated carbocycles. The standard InChI is InChI=1S/C31H30FNO4.ClH/c1-36-28-11-7-10-26(20-28)33(25-8-3-2-4-9-25)21-27(34)22-37-31-13-6-5-12-29(31)30(35)19-16-23-14-17-24(32)18-15-23;/h2-15,17-18,20,27,34H,16,19,21-22H2,1H3;1H. The molecule has 1 unspecified atom stereocenters. The Kier molecular flexibility index (Phi) is 10.7. The van der Waals surface area contributed by atoms with Gasteiger partial charge < -0.3 is 19.5 Å². The van der Waals surface area contributed by atoms with Crippen molar-refractivity contribution in [3.05, 3.63) is 120 Å². The number of aliphatic hydroxyl groups is 1. The van der Waals surface area contributed by atoms with Gasteiger partial charge in [-0.3, -0.25) is 4.79 Å². The Morgan fingerprint density at radius 1 is 0.895 bits per heavy atom. The van der Waals surface area contributed by atoms with E-state index in [-0.39, 0.29) is 43.6 Å². The molecule has 0 spiro atoms. The van der Waals surface area contributed by atoms with Crippen LogP contribution in [-0.4, -0.2) is 37.3 Å². The van der Waals surface area contributed by atoms with E-state index in [1.54, 1.807) is 43.5 Å². The minimum absolute atomic E-state index is 0. The maximum absolute atomic E-state index is 13.1. The van der Waals surface area contributed by atoms with Gasteiger partial charge in [0.15, 0.2) is 5.78 Å². The smallest absolute Gasteiger partial charge is 0.166 e. The maximum atomic E-state index is 13.1. The Hall–Kier alpha value is -3.87. The molecule has 38 heavy (non-hydrogen) atoms. The van der Waals surface area contributed by atoms with Crippen LogP contribution < -0.4 is 14.4 Å². The molecule has 4 aromatic carbocycles. The van der Waals surface area contributed by atoms with Gasteiger partial charge >= 0.3 is 0 Å². The van der Waals surface area contributed by atoms with Gasteiger partial charge in [-0.2, -0.15) is 0 Å². The zero-order chi connectivity index (χ0) is 26.0. The summed E-state index contributed by atoms with van der Waals surface area (Å²) < 4.78 is 24.5. The Balaban J connectivity index is 0.00000400. The molecule has 0 aliphatic rings. The molecule has 1 atom stereocenters. The third-order valence-electron chi connectivity index (χ3n) is 6.00. The highest BCUT2D eigenvalue weighted by atomic mass is 35.5. The number of nitrogens with zero attached hydrogens (tertiary/aromatic N) is 1. The van der Waals surface area contributed by atoms with Crippen LogP contribution in [-0.2, 0) is 6.42 Å². The van der Waals surface area contributed by atoms with Gasteiger partial charge in [0, 0.05) is 23.9 Å². The summed E-state index contributed by atoms with van der Waals surface area (Å²) in [4.78, 5) is 14.9. The number of para-hydroxylation sites is 2. The molecule has 5 nitrogen and oxygen atoms in total. The molecule has 198 valence electrons. The van der Waals surface area contributed by atoms with Gasteiger partial charge in [0.2, 0.25) is 0 Å². The van der Waals surface area contributed by atoms with Crippen LogP contribution in [0.25, 0.3) is 0 Å². The lowest BCUT2D eigenvalue weighted by atomic mass is 10.0. The van der Waals surface area contributed by atoms with Crippen molar-refractivity contribution in [1.82, 2.24) is 0 Å². The first-order chi connectivity index (χ1) is 18.0. The first-order valence-electron chi connectivity index (χ1n) is 12.2. The second-order valence-electron chi connectivity index (χ2n) is 8.66. The molecule has 0 amide bonds. The van der Waals surface area contributed by atoms with Crippen LogP contribution in [0.15, 0.2) is 103 Å². The topological polar surface area (TPSA) is 59.0 Å². The molecule has 0 radical (unpaired) electrons. The van der Waals surface area contributed by atoms with Crippen LogP contribution in [0.4, 0.5) is 15.8 Å². The second kappa shape index (κ2) is 14.2. The predicted molar refractivity (Wildman–Crippen MR) is 151 cm³/mol. The van der Waals surface area contributed by atoms with E-state index in [4.69, 9.17) is 9.47 Å². The van der Waals surface area contributed by atoms with Gasteiger partial charge in [-0.25, -0.2) is 4.39 Å². The number of anilines is 2. The second-order valence-corrected chi connectivity index (χ2v) is 8.66. The number of ether oxygens (including phenoxy) is 2. The summed E-state index contributed by atoms with van der Waals surface area (Å²) in [6, 6.07) is 30.6. The van der Waals surface area contributed by atoms with Crippen LogP contribution >= 0.6 is 12.4 Å². The summed E-state index contributed by atoms with van der Waals surface area (Å²) in [6.45, 7) is 0.285. The number of aliphatic hydroxyl groups excluding tert-OH is 1. The number of hydrogen-bond acceptors (Lipinski definition) is 5. The molecule has 1 N–H and O–H groups in total. The lowest BCUT2D eigenvalue weighted by Crippen LogP contribution is -2.33. The number of benzene rings is 4. The van der Waals surface area contributed by atoms with E-state index in [2.05, 4.69) is 0 Å². The molecular formula is C31H31ClFNO4. The fourth-order valence-electron chi connectivity index (χ4n) is 4.06. The van der Waals surface area contributed by atoms with Crippen molar-refractivity contribution in [2.45, 2.75) is 18.9 Å². The molecule has 0 heterocycles. The number of hydrogen-bond donors (Lipinski definition) is 1. The highest BCUT2D eigenvalue weighted by molar-refractivity contribution is 5.98. The van der Waals surface area contributed by atoms with Gasteiger partial charge in [-0.15, -0.1) is 12.4 Å². The van der Waals surface area contributed by atoms with Crippen LogP contribution in [0.3, 0.4) is 0 Å².